The maximum atomic E-state index is 12.7. The number of anilines is 1. The molecule has 0 unspecified atom stereocenters. The Hall–Kier alpha value is -2.87. The number of fused-ring (bicyclic) bond motifs is 2. The molecular formula is C22H25N3O4S. The largest absolute Gasteiger partial charge is 0.370 e. The molecule has 0 fully saturated rings. The van der Waals surface area contributed by atoms with Crippen molar-refractivity contribution >= 4 is 27.6 Å². The van der Waals surface area contributed by atoms with Crippen LogP contribution in [0.15, 0.2) is 35.2 Å². The molecule has 8 heteroatoms. The van der Waals surface area contributed by atoms with Gasteiger partial charge in [-0.15, -0.1) is 0 Å². The third-order valence-electron chi connectivity index (χ3n) is 5.81. The van der Waals surface area contributed by atoms with Gasteiger partial charge in [-0.2, -0.15) is 0 Å². The fraction of sp³-hybridized carbons (Fsp3) is 0.364. The van der Waals surface area contributed by atoms with Crippen molar-refractivity contribution in [3.63, 3.8) is 0 Å². The van der Waals surface area contributed by atoms with Gasteiger partial charge in [0.2, 0.25) is 5.91 Å². The third-order valence-corrected chi connectivity index (χ3v) is 7.14. The van der Waals surface area contributed by atoms with E-state index in [1.54, 1.807) is 12.1 Å². The summed E-state index contributed by atoms with van der Waals surface area (Å²) in [5.41, 5.74) is 11.4. The van der Waals surface area contributed by atoms with Crippen LogP contribution in [0.3, 0.4) is 0 Å². The summed E-state index contributed by atoms with van der Waals surface area (Å²) >= 11 is 0. The van der Waals surface area contributed by atoms with E-state index >= 15 is 0 Å². The monoisotopic (exact) mass is 427 g/mol. The second kappa shape index (κ2) is 8.10. The van der Waals surface area contributed by atoms with Crippen LogP contribution in [0.25, 0.3) is 0 Å². The first-order chi connectivity index (χ1) is 14.3. The molecule has 0 saturated carbocycles. The highest BCUT2D eigenvalue weighted by Crippen LogP contribution is 2.38. The number of hydrogen-bond donors (Lipinski definition) is 3. The van der Waals surface area contributed by atoms with E-state index in [-0.39, 0.29) is 11.3 Å². The van der Waals surface area contributed by atoms with E-state index in [2.05, 4.69) is 16.1 Å². The molecule has 4 rings (SSSR count). The predicted octanol–water partition coefficient (Wildman–Crippen LogP) is 2.59. The summed E-state index contributed by atoms with van der Waals surface area (Å²) in [6.45, 7) is 0. The van der Waals surface area contributed by atoms with Gasteiger partial charge in [0.05, 0.1) is 4.90 Å². The number of sulfonamides is 1. The topological polar surface area (TPSA) is 118 Å². The fourth-order valence-electron chi connectivity index (χ4n) is 4.42. The highest BCUT2D eigenvalue weighted by molar-refractivity contribution is 7.90. The molecule has 0 aliphatic heterocycles. The van der Waals surface area contributed by atoms with Gasteiger partial charge >= 0.3 is 6.03 Å². The lowest BCUT2D eigenvalue weighted by Gasteiger charge is -2.16. The summed E-state index contributed by atoms with van der Waals surface area (Å²) in [7, 11) is -4.05. The minimum atomic E-state index is -4.05. The Morgan fingerprint density at radius 1 is 0.967 bits per heavy atom. The van der Waals surface area contributed by atoms with Crippen LogP contribution in [-0.2, 0) is 46.9 Å². The molecule has 0 heterocycles. The summed E-state index contributed by atoms with van der Waals surface area (Å²) in [5, 5.41) is 2.83. The molecule has 7 nitrogen and oxygen atoms in total. The molecule has 0 bridgehead atoms. The molecule has 30 heavy (non-hydrogen) atoms. The smallest absolute Gasteiger partial charge is 0.333 e. The molecular weight excluding hydrogens is 402 g/mol. The standard InChI is InChI=1S/C22H25N3O4S/c23-20(26)11-10-14-4-1-7-17(12-14)30(28,29)25-22(27)24-21-18-8-2-5-15(18)13-16-6-3-9-19(16)21/h1,4,7,12-13H,2-3,5-6,8-11H2,(H2,23,26)(H2,24,25,27). The van der Waals surface area contributed by atoms with Crippen molar-refractivity contribution in [2.75, 3.05) is 5.32 Å². The third kappa shape index (κ3) is 4.18. The molecule has 2 aliphatic rings. The number of urea groups is 1. The van der Waals surface area contributed by atoms with Crippen LogP contribution >= 0.6 is 0 Å². The van der Waals surface area contributed by atoms with Crippen molar-refractivity contribution in [2.24, 2.45) is 5.73 Å². The number of aryl methyl sites for hydroxylation is 3. The minimum Gasteiger partial charge on any atom is -0.370 e. The molecule has 3 amide bonds. The zero-order valence-electron chi connectivity index (χ0n) is 16.7. The lowest BCUT2D eigenvalue weighted by Crippen LogP contribution is -2.35. The van der Waals surface area contributed by atoms with E-state index in [1.807, 2.05) is 0 Å². The molecule has 2 aromatic carbocycles. The number of hydrogen-bond acceptors (Lipinski definition) is 4. The normalized spacial score (nSPS) is 14.8. The Labute approximate surface area is 176 Å². The zero-order chi connectivity index (χ0) is 21.3. The molecule has 0 atom stereocenters. The Morgan fingerprint density at radius 2 is 1.63 bits per heavy atom. The number of nitrogens with one attached hydrogen (secondary N) is 2. The van der Waals surface area contributed by atoms with Crippen LogP contribution in [0, 0.1) is 0 Å². The maximum absolute atomic E-state index is 12.7. The number of carbonyl (C=O) groups excluding carboxylic acids is 2. The van der Waals surface area contributed by atoms with Gasteiger partial charge < -0.3 is 11.1 Å². The zero-order valence-corrected chi connectivity index (χ0v) is 17.5. The van der Waals surface area contributed by atoms with Crippen LogP contribution in [0.1, 0.15) is 47.1 Å². The van der Waals surface area contributed by atoms with Crippen molar-refractivity contribution in [1.29, 1.82) is 0 Å². The molecule has 2 aliphatic carbocycles. The highest BCUT2D eigenvalue weighted by atomic mass is 32.2. The second-order valence-electron chi connectivity index (χ2n) is 7.91. The van der Waals surface area contributed by atoms with Crippen molar-refractivity contribution in [2.45, 2.75) is 56.3 Å². The quantitative estimate of drug-likeness (QED) is 0.656. The number of nitrogens with two attached hydrogens (primary N) is 1. The molecule has 0 saturated heterocycles. The van der Waals surface area contributed by atoms with E-state index < -0.39 is 22.0 Å². The van der Waals surface area contributed by atoms with Gasteiger partial charge in [-0.25, -0.2) is 17.9 Å². The van der Waals surface area contributed by atoms with Gasteiger partial charge in [0.15, 0.2) is 0 Å². The maximum Gasteiger partial charge on any atom is 0.333 e. The van der Waals surface area contributed by atoms with E-state index in [4.69, 9.17) is 5.73 Å². The average molecular weight is 428 g/mol. The SMILES string of the molecule is NC(=O)CCc1cccc(S(=O)(=O)NC(=O)Nc2c3c(cc4c2CCC4)CCC3)c1. The van der Waals surface area contributed by atoms with Crippen molar-refractivity contribution < 1.29 is 18.0 Å². The summed E-state index contributed by atoms with van der Waals surface area (Å²) in [6.07, 6.45) is 6.34. The van der Waals surface area contributed by atoms with Crippen LogP contribution in [0.4, 0.5) is 10.5 Å². The van der Waals surface area contributed by atoms with E-state index in [0.29, 0.717) is 12.0 Å². The summed E-state index contributed by atoms with van der Waals surface area (Å²) in [5.74, 6) is -0.455. The Bertz CT molecular complexity index is 1090. The molecule has 2 aromatic rings. The van der Waals surface area contributed by atoms with Gasteiger partial charge in [0.1, 0.15) is 0 Å². The Balaban J connectivity index is 1.52. The molecule has 0 spiro atoms. The predicted molar refractivity (Wildman–Crippen MR) is 114 cm³/mol. The van der Waals surface area contributed by atoms with Crippen LogP contribution in [0.5, 0.6) is 0 Å². The number of carbonyl (C=O) groups is 2. The van der Waals surface area contributed by atoms with Gasteiger partial charge in [0, 0.05) is 12.1 Å². The lowest BCUT2D eigenvalue weighted by atomic mass is 9.99. The van der Waals surface area contributed by atoms with E-state index in [0.717, 1.165) is 55.3 Å². The van der Waals surface area contributed by atoms with E-state index in [9.17, 15) is 18.0 Å². The molecule has 4 N–H and O–H groups in total. The summed E-state index contributed by atoms with van der Waals surface area (Å²) < 4.78 is 27.6. The number of rotatable bonds is 6. The van der Waals surface area contributed by atoms with Crippen LogP contribution in [0.2, 0.25) is 0 Å². The van der Waals surface area contributed by atoms with Crippen molar-refractivity contribution in [1.82, 2.24) is 4.72 Å². The first kappa shape index (κ1) is 20.4. The number of amides is 3. The Kier molecular flexibility index (Phi) is 5.51. The van der Waals surface area contributed by atoms with Crippen molar-refractivity contribution in [3.8, 4) is 0 Å². The first-order valence-electron chi connectivity index (χ1n) is 10.2. The second-order valence-corrected chi connectivity index (χ2v) is 9.59. The first-order valence-corrected chi connectivity index (χ1v) is 11.7. The minimum absolute atomic E-state index is 0.0249. The summed E-state index contributed by atoms with van der Waals surface area (Å²) in [6, 6.07) is 7.67. The van der Waals surface area contributed by atoms with Gasteiger partial charge in [-0.1, -0.05) is 18.2 Å². The molecule has 158 valence electrons. The van der Waals surface area contributed by atoms with Gasteiger partial charge in [-0.3, -0.25) is 4.79 Å². The highest BCUT2D eigenvalue weighted by Gasteiger charge is 2.26. The lowest BCUT2D eigenvalue weighted by molar-refractivity contribution is -0.117. The van der Waals surface area contributed by atoms with Crippen LogP contribution in [-0.4, -0.2) is 20.4 Å². The number of benzene rings is 2. The average Bonchev–Trinajstić information content (AvgIpc) is 3.35. The van der Waals surface area contributed by atoms with Crippen molar-refractivity contribution in [3.05, 3.63) is 58.1 Å². The molecule has 0 aromatic heterocycles. The Morgan fingerprint density at radius 3 is 2.27 bits per heavy atom. The van der Waals surface area contributed by atoms with Crippen LogP contribution < -0.4 is 15.8 Å². The van der Waals surface area contributed by atoms with Gasteiger partial charge in [-0.05, 0) is 84.9 Å². The fourth-order valence-corrected chi connectivity index (χ4v) is 5.40. The summed E-state index contributed by atoms with van der Waals surface area (Å²) in [4.78, 5) is 23.6. The number of primary amides is 1. The van der Waals surface area contributed by atoms with E-state index in [1.165, 1.54) is 23.3 Å². The molecule has 0 radical (unpaired) electrons. The van der Waals surface area contributed by atoms with Gasteiger partial charge in [0.25, 0.3) is 10.0 Å².